The minimum absolute atomic E-state index is 0.197. The summed E-state index contributed by atoms with van der Waals surface area (Å²) in [4.78, 5) is 31.3. The first-order chi connectivity index (χ1) is 14.6. The van der Waals surface area contributed by atoms with Gasteiger partial charge in [0.25, 0.3) is 11.8 Å². The monoisotopic (exact) mass is 468 g/mol. The highest BCUT2D eigenvalue weighted by atomic mass is 79.9. The van der Waals surface area contributed by atoms with Crippen molar-refractivity contribution in [2.75, 3.05) is 28.6 Å². The van der Waals surface area contributed by atoms with Crippen LogP contribution >= 0.6 is 15.9 Å². The number of rotatable bonds is 5. The molecule has 2 amide bonds. The summed E-state index contributed by atoms with van der Waals surface area (Å²) in [6, 6.07) is 13.6. The van der Waals surface area contributed by atoms with Gasteiger partial charge in [0.2, 0.25) is 0 Å². The smallest absolute Gasteiger partial charge is 0.291 e. The Morgan fingerprint density at radius 3 is 2.30 bits per heavy atom. The van der Waals surface area contributed by atoms with Crippen LogP contribution in [0.1, 0.15) is 40.2 Å². The van der Waals surface area contributed by atoms with Crippen molar-refractivity contribution in [1.29, 1.82) is 0 Å². The van der Waals surface area contributed by atoms with E-state index in [0.717, 1.165) is 18.8 Å². The van der Waals surface area contributed by atoms with Crippen LogP contribution in [0.25, 0.3) is 0 Å². The van der Waals surface area contributed by atoms with Crippen LogP contribution in [-0.4, -0.2) is 29.9 Å². The third-order valence-corrected chi connectivity index (χ3v) is 5.34. The van der Waals surface area contributed by atoms with E-state index in [0.29, 0.717) is 21.7 Å². The van der Waals surface area contributed by atoms with E-state index in [1.54, 1.807) is 42.6 Å². The third kappa shape index (κ3) is 4.88. The minimum Gasteiger partial charge on any atom is -0.444 e. The number of anilines is 3. The lowest BCUT2D eigenvalue weighted by Crippen LogP contribution is -2.29. The number of furan rings is 1. The van der Waals surface area contributed by atoms with Gasteiger partial charge in [-0.1, -0.05) is 0 Å². The molecule has 4 rings (SSSR count). The SMILES string of the molecule is O=C(Nc1ccc(N2CCCCC2)cn1)c1ccc(NC(=O)c2ccc(Br)o2)cc1. The largest absolute Gasteiger partial charge is 0.444 e. The standard InChI is InChI=1S/C22H21BrN4O3/c23-19-10-9-18(30-19)22(29)25-16-6-4-15(5-7-16)21(28)26-20-11-8-17(14-24-20)27-12-2-1-3-13-27/h4-11,14H,1-3,12-13H2,(H,25,29)(H,24,26,28). The van der Waals surface area contributed by atoms with Crippen molar-refractivity contribution in [3.05, 3.63) is 70.7 Å². The summed E-state index contributed by atoms with van der Waals surface area (Å²) in [7, 11) is 0. The first kappa shape index (κ1) is 20.2. The highest BCUT2D eigenvalue weighted by Gasteiger charge is 2.13. The zero-order chi connectivity index (χ0) is 20.9. The van der Waals surface area contributed by atoms with Crippen LogP contribution in [0.15, 0.2) is 63.8 Å². The van der Waals surface area contributed by atoms with Crippen LogP contribution in [-0.2, 0) is 0 Å². The van der Waals surface area contributed by atoms with Crippen molar-refractivity contribution in [2.45, 2.75) is 19.3 Å². The fourth-order valence-corrected chi connectivity index (χ4v) is 3.63. The first-order valence-corrected chi connectivity index (χ1v) is 10.6. The molecule has 3 heterocycles. The topological polar surface area (TPSA) is 87.5 Å². The molecule has 1 saturated heterocycles. The molecule has 2 aromatic heterocycles. The number of carbonyl (C=O) groups excluding carboxylic acids is 2. The number of nitrogens with zero attached hydrogens (tertiary/aromatic N) is 2. The summed E-state index contributed by atoms with van der Waals surface area (Å²) in [6.45, 7) is 2.10. The van der Waals surface area contributed by atoms with Gasteiger partial charge >= 0.3 is 0 Å². The van der Waals surface area contributed by atoms with Crippen molar-refractivity contribution in [3.63, 3.8) is 0 Å². The number of hydrogen-bond acceptors (Lipinski definition) is 5. The normalized spacial score (nSPS) is 13.7. The average Bonchev–Trinajstić information content (AvgIpc) is 3.22. The molecule has 2 N–H and O–H groups in total. The molecule has 1 aromatic carbocycles. The summed E-state index contributed by atoms with van der Waals surface area (Å²) >= 11 is 3.16. The zero-order valence-electron chi connectivity index (χ0n) is 16.2. The Bertz CT molecular complexity index is 1030. The number of amides is 2. The van der Waals surface area contributed by atoms with Gasteiger partial charge in [-0.3, -0.25) is 9.59 Å². The lowest BCUT2D eigenvalue weighted by Gasteiger charge is -2.28. The first-order valence-electron chi connectivity index (χ1n) is 9.77. The highest BCUT2D eigenvalue weighted by molar-refractivity contribution is 9.10. The summed E-state index contributed by atoms with van der Waals surface area (Å²) in [5.41, 5.74) is 2.11. The van der Waals surface area contributed by atoms with Gasteiger partial charge < -0.3 is 20.0 Å². The molecular weight excluding hydrogens is 448 g/mol. The molecular formula is C22H21BrN4O3. The number of benzene rings is 1. The van der Waals surface area contributed by atoms with Crippen LogP contribution < -0.4 is 15.5 Å². The second-order valence-electron chi connectivity index (χ2n) is 7.04. The van der Waals surface area contributed by atoms with Gasteiger partial charge in [0.05, 0.1) is 11.9 Å². The van der Waals surface area contributed by atoms with Crippen LogP contribution in [0, 0.1) is 0 Å². The van der Waals surface area contributed by atoms with Crippen molar-refractivity contribution >= 4 is 44.9 Å². The molecule has 1 fully saturated rings. The minimum atomic E-state index is -0.365. The Hall–Kier alpha value is -3.13. The van der Waals surface area contributed by atoms with Gasteiger partial charge in [0.15, 0.2) is 10.4 Å². The van der Waals surface area contributed by atoms with Crippen molar-refractivity contribution < 1.29 is 14.0 Å². The predicted octanol–water partition coefficient (Wildman–Crippen LogP) is 4.93. The van der Waals surface area contributed by atoms with Gasteiger partial charge in [-0.15, -0.1) is 0 Å². The number of carbonyl (C=O) groups is 2. The molecule has 154 valence electrons. The van der Waals surface area contributed by atoms with Gasteiger partial charge in [0, 0.05) is 24.3 Å². The molecule has 0 spiro atoms. The molecule has 0 radical (unpaired) electrons. The molecule has 0 saturated carbocycles. The van der Waals surface area contributed by atoms with Gasteiger partial charge in [-0.2, -0.15) is 0 Å². The highest BCUT2D eigenvalue weighted by Crippen LogP contribution is 2.21. The Balaban J connectivity index is 1.34. The van der Waals surface area contributed by atoms with Crippen molar-refractivity contribution in [3.8, 4) is 0 Å². The van der Waals surface area contributed by atoms with Gasteiger partial charge in [-0.25, -0.2) is 4.98 Å². The number of pyridine rings is 1. The van der Waals surface area contributed by atoms with E-state index >= 15 is 0 Å². The molecule has 0 bridgehead atoms. The Labute approximate surface area is 182 Å². The Morgan fingerprint density at radius 1 is 0.900 bits per heavy atom. The molecule has 0 atom stereocenters. The summed E-state index contributed by atoms with van der Waals surface area (Å²) in [6.07, 6.45) is 5.48. The van der Waals surface area contributed by atoms with E-state index in [9.17, 15) is 9.59 Å². The maximum absolute atomic E-state index is 12.5. The number of halogens is 1. The van der Waals surface area contributed by atoms with E-state index in [1.807, 2.05) is 12.1 Å². The molecule has 1 aliphatic rings. The molecule has 1 aliphatic heterocycles. The number of hydrogen-bond donors (Lipinski definition) is 2. The average molecular weight is 469 g/mol. The van der Waals surface area contributed by atoms with Crippen molar-refractivity contribution in [1.82, 2.24) is 4.98 Å². The van der Waals surface area contributed by atoms with E-state index in [4.69, 9.17) is 4.42 Å². The lowest BCUT2D eigenvalue weighted by atomic mass is 10.1. The molecule has 30 heavy (non-hydrogen) atoms. The van der Waals surface area contributed by atoms with Gasteiger partial charge in [0.1, 0.15) is 5.82 Å². The lowest BCUT2D eigenvalue weighted by molar-refractivity contribution is 0.0994. The maximum Gasteiger partial charge on any atom is 0.291 e. The van der Waals surface area contributed by atoms with E-state index in [2.05, 4.69) is 36.4 Å². The summed E-state index contributed by atoms with van der Waals surface area (Å²) in [5, 5.41) is 5.52. The summed E-state index contributed by atoms with van der Waals surface area (Å²) in [5.74, 6) is 0.0706. The number of piperidine rings is 1. The zero-order valence-corrected chi connectivity index (χ0v) is 17.8. The van der Waals surface area contributed by atoms with Crippen LogP contribution in [0.3, 0.4) is 0 Å². The number of aromatic nitrogens is 1. The van der Waals surface area contributed by atoms with Crippen LogP contribution in [0.2, 0.25) is 0 Å². The molecule has 0 unspecified atom stereocenters. The number of nitrogens with one attached hydrogen (secondary N) is 2. The van der Waals surface area contributed by atoms with E-state index in [1.165, 1.54) is 19.3 Å². The molecule has 0 aliphatic carbocycles. The van der Waals surface area contributed by atoms with Crippen LogP contribution in [0.5, 0.6) is 0 Å². The van der Waals surface area contributed by atoms with Gasteiger partial charge in [-0.05, 0) is 83.7 Å². The van der Waals surface area contributed by atoms with E-state index < -0.39 is 0 Å². The van der Waals surface area contributed by atoms with Crippen molar-refractivity contribution in [2.24, 2.45) is 0 Å². The molecule has 8 heteroatoms. The Kier molecular flexibility index (Phi) is 6.13. The molecule has 3 aromatic rings. The predicted molar refractivity (Wildman–Crippen MR) is 119 cm³/mol. The fourth-order valence-electron chi connectivity index (χ4n) is 3.32. The van der Waals surface area contributed by atoms with Crippen LogP contribution in [0.4, 0.5) is 17.2 Å². The fraction of sp³-hybridized carbons (Fsp3) is 0.227. The Morgan fingerprint density at radius 2 is 1.67 bits per heavy atom. The molecule has 7 nitrogen and oxygen atoms in total. The second kappa shape index (κ2) is 9.13. The summed E-state index contributed by atoms with van der Waals surface area (Å²) < 4.78 is 5.71. The quantitative estimate of drug-likeness (QED) is 0.553. The second-order valence-corrected chi connectivity index (χ2v) is 7.82. The van der Waals surface area contributed by atoms with E-state index in [-0.39, 0.29) is 17.6 Å². The maximum atomic E-state index is 12.5. The third-order valence-electron chi connectivity index (χ3n) is 4.91.